The number of benzene rings is 3. The molecule has 1 aliphatic rings. The van der Waals surface area contributed by atoms with Gasteiger partial charge < -0.3 is 5.32 Å². The van der Waals surface area contributed by atoms with Gasteiger partial charge in [0, 0.05) is 51.3 Å². The highest BCUT2D eigenvalue weighted by Gasteiger charge is 2.20. The van der Waals surface area contributed by atoms with Crippen molar-refractivity contribution in [3.63, 3.8) is 0 Å². The summed E-state index contributed by atoms with van der Waals surface area (Å²) in [6.45, 7) is 0.491. The minimum Gasteiger partial charge on any atom is -0.352 e. The summed E-state index contributed by atoms with van der Waals surface area (Å²) in [5.41, 5.74) is 4.46. The Labute approximate surface area is 195 Å². The highest BCUT2D eigenvalue weighted by atomic mass is 32.2. The average Bonchev–Trinajstić information content (AvgIpc) is 3.01. The molecule has 1 amide bonds. The van der Waals surface area contributed by atoms with Crippen LogP contribution in [0.2, 0.25) is 0 Å². The average molecular weight is 454 g/mol. The molecule has 1 N–H and O–H groups in total. The fourth-order valence-electron chi connectivity index (χ4n) is 3.69. The second-order valence-corrected chi connectivity index (χ2v) is 8.66. The Bertz CT molecular complexity index is 1350. The maximum atomic E-state index is 14.0. The number of rotatable bonds is 5. The van der Waals surface area contributed by atoms with Gasteiger partial charge >= 0.3 is 0 Å². The van der Waals surface area contributed by atoms with Crippen molar-refractivity contribution in [2.45, 2.75) is 16.2 Å². The van der Waals surface area contributed by atoms with Crippen LogP contribution in [0.5, 0.6) is 0 Å². The van der Waals surface area contributed by atoms with Crippen LogP contribution < -0.4 is 5.32 Å². The molecular formula is C27H20FN3OS. The van der Waals surface area contributed by atoms with Gasteiger partial charge in [0.1, 0.15) is 5.82 Å². The number of nitrogens with one attached hydrogen (secondary N) is 1. The van der Waals surface area contributed by atoms with Crippen molar-refractivity contribution in [3.05, 3.63) is 119 Å². The monoisotopic (exact) mass is 453 g/mol. The molecule has 6 heteroatoms. The number of halogens is 1. The zero-order chi connectivity index (χ0) is 22.6. The Morgan fingerprint density at radius 3 is 2.64 bits per heavy atom. The molecule has 0 atom stereocenters. The molecule has 0 bridgehead atoms. The molecule has 33 heavy (non-hydrogen) atoms. The van der Waals surface area contributed by atoms with E-state index in [-0.39, 0.29) is 11.7 Å². The summed E-state index contributed by atoms with van der Waals surface area (Å²) in [5.74, 6) is -0.478. The van der Waals surface area contributed by atoms with Crippen molar-refractivity contribution in [3.8, 4) is 0 Å². The third kappa shape index (κ3) is 4.71. The van der Waals surface area contributed by atoms with Crippen molar-refractivity contribution < 1.29 is 9.18 Å². The van der Waals surface area contributed by atoms with E-state index in [4.69, 9.17) is 4.99 Å². The van der Waals surface area contributed by atoms with Gasteiger partial charge in [0.25, 0.3) is 5.91 Å². The van der Waals surface area contributed by atoms with Gasteiger partial charge in [0.05, 0.1) is 11.4 Å². The third-order valence-electron chi connectivity index (χ3n) is 5.31. The number of aliphatic imine (C=N–C) groups is 1. The molecule has 1 aliphatic heterocycles. The fourth-order valence-corrected chi connectivity index (χ4v) is 4.69. The van der Waals surface area contributed by atoms with Crippen LogP contribution in [0.15, 0.2) is 106 Å². The van der Waals surface area contributed by atoms with E-state index in [0.29, 0.717) is 35.5 Å². The predicted molar refractivity (Wildman–Crippen MR) is 129 cm³/mol. The van der Waals surface area contributed by atoms with Gasteiger partial charge in [-0.1, -0.05) is 48.2 Å². The molecule has 0 saturated heterocycles. The Morgan fingerprint density at radius 1 is 0.909 bits per heavy atom. The van der Waals surface area contributed by atoms with Gasteiger partial charge in [-0.05, 0) is 48.5 Å². The number of fused-ring (bicyclic) bond motifs is 2. The molecule has 162 valence electrons. The molecule has 5 rings (SSSR count). The number of nitrogens with zero attached hydrogens (tertiary/aromatic N) is 2. The maximum Gasteiger partial charge on any atom is 0.251 e. The zero-order valence-electron chi connectivity index (χ0n) is 17.7. The largest absolute Gasteiger partial charge is 0.352 e. The van der Waals surface area contributed by atoms with Crippen LogP contribution in [0.3, 0.4) is 0 Å². The van der Waals surface area contributed by atoms with Crippen LogP contribution in [0.25, 0.3) is 0 Å². The molecular weight excluding hydrogens is 433 g/mol. The van der Waals surface area contributed by atoms with Crippen LogP contribution >= 0.6 is 11.8 Å². The first-order chi connectivity index (χ1) is 16.2. The van der Waals surface area contributed by atoms with Crippen LogP contribution in [0.1, 0.15) is 27.2 Å². The summed E-state index contributed by atoms with van der Waals surface area (Å²) >= 11 is 1.59. The van der Waals surface area contributed by atoms with E-state index >= 15 is 0 Å². The Balaban J connectivity index is 1.46. The second kappa shape index (κ2) is 9.38. The van der Waals surface area contributed by atoms with E-state index in [2.05, 4.69) is 10.3 Å². The van der Waals surface area contributed by atoms with E-state index < -0.39 is 0 Å². The number of aromatic nitrogens is 1. The van der Waals surface area contributed by atoms with E-state index in [1.807, 2.05) is 60.7 Å². The molecule has 0 spiro atoms. The summed E-state index contributed by atoms with van der Waals surface area (Å²) in [5, 5.41) is 2.95. The maximum absolute atomic E-state index is 14.0. The smallest absolute Gasteiger partial charge is 0.251 e. The van der Waals surface area contributed by atoms with Gasteiger partial charge in [-0.3, -0.25) is 9.78 Å². The second-order valence-electron chi connectivity index (χ2n) is 7.58. The Kier molecular flexibility index (Phi) is 6.00. The van der Waals surface area contributed by atoms with Crippen LogP contribution in [0.4, 0.5) is 10.1 Å². The summed E-state index contributed by atoms with van der Waals surface area (Å²) in [4.78, 5) is 23.9. The number of pyridine rings is 1. The van der Waals surface area contributed by atoms with Crippen molar-refractivity contribution in [2.24, 2.45) is 4.99 Å². The molecule has 4 aromatic rings. The summed E-state index contributed by atoms with van der Waals surface area (Å²) < 4.78 is 14.0. The minimum atomic E-state index is -0.314. The molecule has 1 aromatic heterocycles. The number of carbonyl (C=O) groups is 1. The lowest BCUT2D eigenvalue weighted by Gasteiger charge is -2.09. The van der Waals surface area contributed by atoms with Crippen molar-refractivity contribution >= 4 is 29.1 Å². The Morgan fingerprint density at radius 2 is 1.79 bits per heavy atom. The summed E-state index contributed by atoms with van der Waals surface area (Å²) in [6, 6.07) is 25.6. The van der Waals surface area contributed by atoms with Crippen LogP contribution in [-0.4, -0.2) is 23.1 Å². The number of hydrogen-bond acceptors (Lipinski definition) is 4. The first-order valence-electron chi connectivity index (χ1n) is 10.6. The number of carbonyl (C=O) groups excluding carboxylic acids is 1. The standard InChI is InChI=1S/C27H20FN3OS/c28-20-7-5-6-18(16-20)26-22-9-1-2-10-24(22)33-25-12-11-19(17-23(25)31-26)27(32)30-15-13-21-8-3-4-14-29-21/h1-12,14,16-17H,13,15H2,(H,30,32). The van der Waals surface area contributed by atoms with E-state index in [1.165, 1.54) is 12.1 Å². The van der Waals surface area contributed by atoms with E-state index in [0.717, 1.165) is 21.0 Å². The predicted octanol–water partition coefficient (Wildman–Crippen LogP) is 5.83. The van der Waals surface area contributed by atoms with Crippen molar-refractivity contribution in [1.29, 1.82) is 0 Å². The molecule has 0 fully saturated rings. The first kappa shape index (κ1) is 21.1. The summed E-state index contributed by atoms with van der Waals surface area (Å²) in [6.07, 6.45) is 2.40. The van der Waals surface area contributed by atoms with Gasteiger partial charge in [-0.25, -0.2) is 9.38 Å². The molecule has 0 saturated carbocycles. The lowest BCUT2D eigenvalue weighted by Crippen LogP contribution is -2.25. The molecule has 4 nitrogen and oxygen atoms in total. The van der Waals surface area contributed by atoms with Crippen LogP contribution in [0, 0.1) is 5.82 Å². The van der Waals surface area contributed by atoms with E-state index in [1.54, 1.807) is 30.1 Å². The van der Waals surface area contributed by atoms with Gasteiger partial charge in [-0.2, -0.15) is 0 Å². The van der Waals surface area contributed by atoms with Gasteiger partial charge in [0.15, 0.2) is 0 Å². The zero-order valence-corrected chi connectivity index (χ0v) is 18.5. The van der Waals surface area contributed by atoms with Gasteiger partial charge in [0.2, 0.25) is 0 Å². The van der Waals surface area contributed by atoms with Crippen molar-refractivity contribution in [1.82, 2.24) is 10.3 Å². The molecule has 3 aromatic carbocycles. The first-order valence-corrected chi connectivity index (χ1v) is 11.4. The van der Waals surface area contributed by atoms with Crippen molar-refractivity contribution in [2.75, 3.05) is 6.54 Å². The highest BCUT2D eigenvalue weighted by molar-refractivity contribution is 7.99. The van der Waals surface area contributed by atoms with Crippen LogP contribution in [-0.2, 0) is 6.42 Å². The molecule has 0 aliphatic carbocycles. The quantitative estimate of drug-likeness (QED) is 0.364. The highest BCUT2D eigenvalue weighted by Crippen LogP contribution is 2.41. The number of amides is 1. The lowest BCUT2D eigenvalue weighted by molar-refractivity contribution is 0.0954. The molecule has 0 radical (unpaired) electrons. The molecule has 2 heterocycles. The lowest BCUT2D eigenvalue weighted by atomic mass is 10.0. The molecule has 0 unspecified atom stereocenters. The fraction of sp³-hybridized carbons (Fsp3) is 0.0741. The SMILES string of the molecule is O=C(NCCc1ccccn1)c1ccc2c(c1)N=C(c1cccc(F)c1)c1ccccc1S2. The topological polar surface area (TPSA) is 54.4 Å². The number of hydrogen-bond donors (Lipinski definition) is 1. The van der Waals surface area contributed by atoms with Gasteiger partial charge in [-0.15, -0.1) is 0 Å². The summed E-state index contributed by atoms with van der Waals surface area (Å²) in [7, 11) is 0. The third-order valence-corrected chi connectivity index (χ3v) is 6.45. The minimum absolute atomic E-state index is 0.164. The normalized spacial score (nSPS) is 12.2. The Hall–Kier alpha value is -3.77. The van der Waals surface area contributed by atoms with E-state index in [9.17, 15) is 9.18 Å².